The molecule has 5 saturated carbocycles. The molecule has 9 nitrogen and oxygen atoms in total. The van der Waals surface area contributed by atoms with Gasteiger partial charge in [0.15, 0.2) is 6.61 Å². The summed E-state index contributed by atoms with van der Waals surface area (Å²) in [5.41, 5.74) is 0.471. The van der Waals surface area contributed by atoms with E-state index in [0.717, 1.165) is 69.8 Å². The zero-order valence-electron chi connectivity index (χ0n) is 29.2. The molecule has 0 aromatic heterocycles. The van der Waals surface area contributed by atoms with E-state index in [0.29, 0.717) is 17.8 Å². The van der Waals surface area contributed by atoms with Crippen LogP contribution < -0.4 is 0 Å². The Morgan fingerprint density at radius 3 is 2.24 bits per heavy atom. The average molecular weight is 647 g/mol. The zero-order chi connectivity index (χ0) is 33.9. The van der Waals surface area contributed by atoms with Crippen molar-refractivity contribution in [2.24, 2.45) is 56.7 Å². The van der Waals surface area contributed by atoms with Crippen molar-refractivity contribution in [3.63, 3.8) is 0 Å². The van der Waals surface area contributed by atoms with Gasteiger partial charge in [-0.25, -0.2) is 9.59 Å². The van der Waals surface area contributed by atoms with Crippen molar-refractivity contribution in [2.75, 3.05) is 26.9 Å². The Kier molecular flexibility index (Phi) is 9.48. The molecule has 11 atom stereocenters. The second-order valence-electron chi connectivity index (χ2n) is 16.9. The minimum absolute atomic E-state index is 0.0353. The Labute approximate surface area is 275 Å². The van der Waals surface area contributed by atoms with E-state index in [1.165, 1.54) is 7.11 Å². The average Bonchev–Trinajstić information content (AvgIpc) is 3.41. The number of fused-ring (bicyclic) bond motifs is 7. The van der Waals surface area contributed by atoms with Gasteiger partial charge in [-0.3, -0.25) is 4.79 Å². The molecular formula is C37H58O9. The predicted octanol–water partition coefficient (Wildman–Crippen LogP) is 6.24. The smallest absolute Gasteiger partial charge is 0.466 e. The van der Waals surface area contributed by atoms with Crippen molar-refractivity contribution < 1.29 is 43.5 Å². The summed E-state index contributed by atoms with van der Waals surface area (Å²) in [4.78, 5) is 38.4. The maximum Gasteiger partial charge on any atom is 0.508 e. The third-order valence-corrected chi connectivity index (χ3v) is 14.8. The van der Waals surface area contributed by atoms with Gasteiger partial charge >= 0.3 is 18.1 Å². The summed E-state index contributed by atoms with van der Waals surface area (Å²) in [6, 6.07) is 0. The van der Waals surface area contributed by atoms with Crippen LogP contribution in [0.4, 0.5) is 4.79 Å². The summed E-state index contributed by atoms with van der Waals surface area (Å²) in [6.07, 6.45) is 7.21. The first-order valence-electron chi connectivity index (χ1n) is 17.5. The van der Waals surface area contributed by atoms with Gasteiger partial charge in [-0.15, -0.1) is 0 Å². The van der Waals surface area contributed by atoms with Crippen LogP contribution in [-0.4, -0.2) is 67.4 Å². The molecule has 0 aromatic rings. The lowest BCUT2D eigenvalue weighted by Gasteiger charge is -2.72. The Bertz CT molecular complexity index is 1210. The van der Waals surface area contributed by atoms with Crippen LogP contribution in [0.25, 0.3) is 0 Å². The largest absolute Gasteiger partial charge is 0.508 e. The fourth-order valence-electron chi connectivity index (χ4n) is 12.4. The number of aliphatic hydroxyl groups excluding tert-OH is 2. The van der Waals surface area contributed by atoms with E-state index < -0.39 is 30.3 Å². The van der Waals surface area contributed by atoms with Crippen LogP contribution in [-0.2, 0) is 28.5 Å². The molecule has 260 valence electrons. The maximum absolute atomic E-state index is 13.9. The van der Waals surface area contributed by atoms with E-state index in [4.69, 9.17) is 24.1 Å². The van der Waals surface area contributed by atoms with Crippen molar-refractivity contribution in [1.29, 1.82) is 0 Å². The van der Waals surface area contributed by atoms with E-state index in [9.17, 15) is 19.5 Å². The number of allylic oxidation sites excluding steroid dienone is 1. The van der Waals surface area contributed by atoms with E-state index >= 15 is 0 Å². The third-order valence-electron chi connectivity index (χ3n) is 14.8. The Hall–Kier alpha value is -2.13. The molecule has 5 aliphatic rings. The first kappa shape index (κ1) is 35.2. The summed E-state index contributed by atoms with van der Waals surface area (Å²) in [6.45, 7) is 17.4. The summed E-state index contributed by atoms with van der Waals surface area (Å²) in [5, 5.41) is 18.7. The lowest BCUT2D eigenvalue weighted by molar-refractivity contribution is -0.249. The lowest BCUT2D eigenvalue weighted by Crippen LogP contribution is -2.67. The number of rotatable bonds is 8. The maximum atomic E-state index is 13.9. The molecule has 0 heterocycles. The number of carbonyl (C=O) groups excluding carboxylic acids is 3. The molecule has 5 aliphatic carbocycles. The summed E-state index contributed by atoms with van der Waals surface area (Å²) >= 11 is 0. The number of methoxy groups -OCH3 is 1. The first-order valence-corrected chi connectivity index (χ1v) is 17.5. The highest BCUT2D eigenvalue weighted by atomic mass is 16.7. The Balaban J connectivity index is 1.40. The zero-order valence-corrected chi connectivity index (χ0v) is 29.2. The second kappa shape index (κ2) is 12.4. The molecular weight excluding hydrogens is 588 g/mol. The van der Waals surface area contributed by atoms with Crippen molar-refractivity contribution in [2.45, 2.75) is 118 Å². The van der Waals surface area contributed by atoms with Gasteiger partial charge in [0.25, 0.3) is 0 Å². The summed E-state index contributed by atoms with van der Waals surface area (Å²) < 4.78 is 21.4. The van der Waals surface area contributed by atoms with Gasteiger partial charge in [-0.2, -0.15) is 0 Å². The molecule has 5 rings (SSSR count). The molecule has 5 fully saturated rings. The van der Waals surface area contributed by atoms with Crippen LogP contribution in [0.15, 0.2) is 12.2 Å². The molecule has 0 radical (unpaired) electrons. The van der Waals surface area contributed by atoms with Gasteiger partial charge in [0, 0.05) is 5.41 Å². The first-order chi connectivity index (χ1) is 21.5. The minimum atomic E-state index is -1.12. The Morgan fingerprint density at radius 2 is 1.59 bits per heavy atom. The van der Waals surface area contributed by atoms with Crippen LogP contribution in [0.2, 0.25) is 0 Å². The molecule has 0 aromatic carbocycles. The van der Waals surface area contributed by atoms with Crippen molar-refractivity contribution >= 4 is 18.1 Å². The van der Waals surface area contributed by atoms with Gasteiger partial charge in [0.2, 0.25) is 0 Å². The normalized spacial score (nSPS) is 43.1. The van der Waals surface area contributed by atoms with E-state index in [1.807, 2.05) is 0 Å². The van der Waals surface area contributed by atoms with Crippen LogP contribution in [0, 0.1) is 56.7 Å². The van der Waals surface area contributed by atoms with Crippen molar-refractivity contribution in [1.82, 2.24) is 0 Å². The molecule has 2 N–H and O–H groups in total. The standard InChI is InChI=1S/C37H58O9/c1-22(2)24-11-16-37(31(41)44-21-29(40)43-8)18-17-35(6)25(30(24)37)9-10-27-34(5)14-13-28(46-32(42)45-20-23(39)19-38)33(3,4)26(34)12-15-36(27,35)7/h23-28,30,38-39H,1,9-21H2,2-8H3/t23?,24?,25?,26?,27?,28?,30?,34?,35?,36?,37-/m0/s1. The quantitative estimate of drug-likeness (QED) is 0.179. The van der Waals surface area contributed by atoms with Gasteiger partial charge in [-0.1, -0.05) is 46.8 Å². The van der Waals surface area contributed by atoms with E-state index in [1.54, 1.807) is 0 Å². The highest BCUT2D eigenvalue weighted by molar-refractivity contribution is 5.81. The SMILES string of the molecule is C=C(C)C1CC[C@]2(C(=O)OCC(=O)OC)CCC3(C)C(CCC4C5(C)CCC(OC(=O)OCC(O)CO)C(C)(C)C5CCC43C)C12. The van der Waals surface area contributed by atoms with Crippen molar-refractivity contribution in [3.8, 4) is 0 Å². The number of hydrogen-bond donors (Lipinski definition) is 2. The summed E-state index contributed by atoms with van der Waals surface area (Å²) in [7, 11) is 1.31. The van der Waals surface area contributed by atoms with Gasteiger partial charge in [0.05, 0.1) is 19.1 Å². The molecule has 0 aliphatic heterocycles. The van der Waals surface area contributed by atoms with Crippen LogP contribution in [0.5, 0.6) is 0 Å². The van der Waals surface area contributed by atoms with Crippen LogP contribution in [0.1, 0.15) is 106 Å². The molecule has 10 unspecified atom stereocenters. The van der Waals surface area contributed by atoms with E-state index in [-0.39, 0.29) is 58.8 Å². The van der Waals surface area contributed by atoms with E-state index in [2.05, 4.69) is 48.1 Å². The molecule has 9 heteroatoms. The Morgan fingerprint density at radius 1 is 0.870 bits per heavy atom. The molecule has 0 spiro atoms. The topological polar surface area (TPSA) is 129 Å². The number of carbonyl (C=O) groups is 3. The number of ether oxygens (including phenoxy) is 4. The number of aliphatic hydroxyl groups is 2. The van der Waals surface area contributed by atoms with Gasteiger partial charge < -0.3 is 29.2 Å². The van der Waals surface area contributed by atoms with Crippen molar-refractivity contribution in [3.05, 3.63) is 12.2 Å². The fraction of sp³-hybridized carbons (Fsp3) is 0.865. The van der Waals surface area contributed by atoms with Gasteiger partial charge in [-0.05, 0) is 117 Å². The van der Waals surface area contributed by atoms with Crippen LogP contribution >= 0.6 is 0 Å². The number of hydrogen-bond acceptors (Lipinski definition) is 9. The highest BCUT2D eigenvalue weighted by Gasteiger charge is 2.72. The fourth-order valence-corrected chi connectivity index (χ4v) is 12.4. The molecule has 0 amide bonds. The lowest BCUT2D eigenvalue weighted by atomic mass is 9.32. The molecule has 0 bridgehead atoms. The third kappa shape index (κ3) is 5.30. The molecule has 46 heavy (non-hydrogen) atoms. The van der Waals surface area contributed by atoms with Gasteiger partial charge in [0.1, 0.15) is 18.8 Å². The monoisotopic (exact) mass is 646 g/mol. The summed E-state index contributed by atoms with van der Waals surface area (Å²) in [5.74, 6) is 0.847. The molecule has 0 saturated heterocycles. The minimum Gasteiger partial charge on any atom is -0.466 e. The predicted molar refractivity (Wildman–Crippen MR) is 171 cm³/mol. The second-order valence-corrected chi connectivity index (χ2v) is 16.9. The van der Waals surface area contributed by atoms with Crippen LogP contribution in [0.3, 0.4) is 0 Å². The number of esters is 2. The highest BCUT2D eigenvalue weighted by Crippen LogP contribution is 2.77.